The van der Waals surface area contributed by atoms with Crippen molar-refractivity contribution in [3.8, 4) is 0 Å². The van der Waals surface area contributed by atoms with E-state index in [2.05, 4.69) is 71.1 Å². The molecule has 4 rings (SSSR count). The van der Waals surface area contributed by atoms with Gasteiger partial charge in [-0.25, -0.2) is 0 Å². The van der Waals surface area contributed by atoms with E-state index in [-0.39, 0.29) is 20.7 Å². The first-order valence-corrected chi connectivity index (χ1v) is 12.8. The number of hydrogen-bond donors (Lipinski definition) is 1. The average Bonchev–Trinajstić information content (AvgIpc) is 3.04. The third-order valence-electron chi connectivity index (χ3n) is 5.06. The van der Waals surface area contributed by atoms with Crippen LogP contribution in [0.25, 0.3) is 17.0 Å². The van der Waals surface area contributed by atoms with Gasteiger partial charge in [0, 0.05) is 0 Å². The first-order valence-electron chi connectivity index (χ1n) is 9.51. The molecule has 7 heteroatoms. The summed E-state index contributed by atoms with van der Waals surface area (Å²) >= 11 is 0.193. The first kappa shape index (κ1) is 20.1. The van der Waals surface area contributed by atoms with Gasteiger partial charge in [0.2, 0.25) is 0 Å². The molecule has 0 spiro atoms. The Morgan fingerprint density at radius 1 is 1.03 bits per heavy atom. The number of unbranched alkanes of at least 4 members (excludes halogenated alkanes) is 1. The van der Waals surface area contributed by atoms with Gasteiger partial charge in [-0.15, -0.1) is 0 Å². The molecule has 0 atom stereocenters. The molecular weight excluding hydrogens is 451 g/mol. The van der Waals surface area contributed by atoms with E-state index < -0.39 is 10.1 Å². The number of pyridine rings is 1. The summed E-state index contributed by atoms with van der Waals surface area (Å²) in [4.78, 5) is 2.30. The van der Waals surface area contributed by atoms with Crippen LogP contribution in [0.5, 0.6) is 0 Å². The van der Waals surface area contributed by atoms with E-state index in [9.17, 15) is 8.42 Å². The number of nitrogens with zero attached hydrogens (tertiary/aromatic N) is 2. The van der Waals surface area contributed by atoms with Crippen molar-refractivity contribution in [1.82, 2.24) is 0 Å². The summed E-state index contributed by atoms with van der Waals surface area (Å²) in [6.45, 7) is 0.734. The molecule has 3 aromatic rings. The Kier molecular flexibility index (Phi) is 5.74. The Morgan fingerprint density at radius 3 is 2.62 bits per heavy atom. The van der Waals surface area contributed by atoms with Crippen LogP contribution in [-0.2, 0) is 17.2 Å². The van der Waals surface area contributed by atoms with Gasteiger partial charge in [-0.2, -0.15) is 0 Å². The predicted octanol–water partition coefficient (Wildman–Crippen LogP) is 2.48. The standard InChI is InChI=1S/C22H22N2O3SSe/c1-23-18(13-12-17-8-2-3-9-19(17)23)16-22-24(14-6-7-15-28(25,26)27)20-10-4-5-11-21(20)29-22/h2-5,8-13,16H,6-7,14-15H2,1H3/p+1. The molecule has 29 heavy (non-hydrogen) atoms. The minimum atomic E-state index is -3.90. The van der Waals surface area contributed by atoms with Gasteiger partial charge in [0.05, 0.1) is 0 Å². The normalized spacial score (nSPS) is 15.2. The van der Waals surface area contributed by atoms with Gasteiger partial charge in [0.25, 0.3) is 0 Å². The summed E-state index contributed by atoms with van der Waals surface area (Å²) in [7, 11) is -1.82. The minimum absolute atomic E-state index is 0.188. The zero-order valence-corrected chi connectivity index (χ0v) is 18.7. The molecule has 2 heterocycles. The summed E-state index contributed by atoms with van der Waals surface area (Å²) in [5, 5.41) is 1.21. The van der Waals surface area contributed by atoms with Crippen molar-refractivity contribution in [3.05, 3.63) is 71.0 Å². The van der Waals surface area contributed by atoms with E-state index in [1.165, 1.54) is 25.6 Å². The van der Waals surface area contributed by atoms with E-state index in [0.29, 0.717) is 12.8 Å². The molecule has 1 aliphatic heterocycles. The maximum absolute atomic E-state index is 11.0. The Bertz CT molecular complexity index is 1190. The molecule has 1 N–H and O–H groups in total. The summed E-state index contributed by atoms with van der Waals surface area (Å²) < 4.78 is 35.8. The molecule has 1 aliphatic rings. The van der Waals surface area contributed by atoms with Gasteiger partial charge in [0.15, 0.2) is 0 Å². The molecular formula is C22H23N2O3SSe+. The number of para-hydroxylation sites is 2. The van der Waals surface area contributed by atoms with Crippen LogP contribution >= 0.6 is 0 Å². The maximum atomic E-state index is 11.0. The molecule has 5 nitrogen and oxygen atoms in total. The van der Waals surface area contributed by atoms with Crippen molar-refractivity contribution in [2.75, 3.05) is 17.2 Å². The molecule has 0 aliphatic carbocycles. The second-order valence-electron chi connectivity index (χ2n) is 7.07. The fourth-order valence-electron chi connectivity index (χ4n) is 3.58. The zero-order chi connectivity index (χ0) is 20.4. The Labute approximate surface area is 177 Å². The van der Waals surface area contributed by atoms with Crippen LogP contribution in [-0.4, -0.2) is 40.2 Å². The van der Waals surface area contributed by atoms with Crippen LogP contribution in [0.3, 0.4) is 0 Å². The number of rotatable bonds is 6. The van der Waals surface area contributed by atoms with Gasteiger partial charge < -0.3 is 0 Å². The number of benzene rings is 2. The Morgan fingerprint density at radius 2 is 1.79 bits per heavy atom. The predicted molar refractivity (Wildman–Crippen MR) is 118 cm³/mol. The Hall–Kier alpha value is -2.18. The van der Waals surface area contributed by atoms with Crippen molar-refractivity contribution in [2.24, 2.45) is 7.05 Å². The molecule has 0 bridgehead atoms. The van der Waals surface area contributed by atoms with Crippen LogP contribution in [0.1, 0.15) is 18.5 Å². The third kappa shape index (κ3) is 4.54. The van der Waals surface area contributed by atoms with E-state index in [4.69, 9.17) is 4.55 Å². The molecule has 150 valence electrons. The molecule has 0 unspecified atom stereocenters. The van der Waals surface area contributed by atoms with Crippen molar-refractivity contribution in [2.45, 2.75) is 12.8 Å². The van der Waals surface area contributed by atoms with Gasteiger partial charge in [-0.1, -0.05) is 0 Å². The topological polar surface area (TPSA) is 61.5 Å². The van der Waals surface area contributed by atoms with Crippen molar-refractivity contribution in [1.29, 1.82) is 0 Å². The molecule has 0 saturated carbocycles. The molecule has 0 radical (unpaired) electrons. The summed E-state index contributed by atoms with van der Waals surface area (Å²) in [5.74, 6) is -0.188. The van der Waals surface area contributed by atoms with Crippen molar-refractivity contribution < 1.29 is 17.5 Å². The van der Waals surface area contributed by atoms with Crippen molar-refractivity contribution in [3.63, 3.8) is 0 Å². The Balaban J connectivity index is 1.64. The van der Waals surface area contributed by atoms with E-state index in [1.807, 2.05) is 12.1 Å². The summed E-state index contributed by atoms with van der Waals surface area (Å²) in [6, 6.07) is 21.0. The van der Waals surface area contributed by atoms with Gasteiger partial charge in [-0.05, 0) is 0 Å². The third-order valence-corrected chi connectivity index (χ3v) is 8.20. The number of hydrogen-bond acceptors (Lipinski definition) is 3. The molecule has 0 amide bonds. The van der Waals surface area contributed by atoms with Gasteiger partial charge in [-0.3, -0.25) is 0 Å². The fourth-order valence-corrected chi connectivity index (χ4v) is 6.53. The zero-order valence-electron chi connectivity index (χ0n) is 16.2. The average molecular weight is 474 g/mol. The van der Waals surface area contributed by atoms with Gasteiger partial charge in [0.1, 0.15) is 0 Å². The van der Waals surface area contributed by atoms with E-state index in [0.717, 1.165) is 12.2 Å². The van der Waals surface area contributed by atoms with Crippen LogP contribution in [0.4, 0.5) is 5.69 Å². The number of aryl methyl sites for hydroxylation is 1. The molecule has 1 aromatic heterocycles. The molecule has 0 saturated heterocycles. The number of fused-ring (bicyclic) bond motifs is 2. The molecule has 0 fully saturated rings. The van der Waals surface area contributed by atoms with E-state index >= 15 is 0 Å². The summed E-state index contributed by atoms with van der Waals surface area (Å²) in [5.41, 5.74) is 3.52. The fraction of sp³-hybridized carbons (Fsp3) is 0.227. The number of aromatic nitrogens is 1. The van der Waals surface area contributed by atoms with Gasteiger partial charge >= 0.3 is 178 Å². The second kappa shape index (κ2) is 8.28. The van der Waals surface area contributed by atoms with Crippen LogP contribution in [0, 0.1) is 0 Å². The van der Waals surface area contributed by atoms with Crippen LogP contribution < -0.4 is 13.9 Å². The van der Waals surface area contributed by atoms with Crippen molar-refractivity contribution >= 4 is 52.2 Å². The summed E-state index contributed by atoms with van der Waals surface area (Å²) in [6.07, 6.45) is 3.39. The van der Waals surface area contributed by atoms with E-state index in [1.54, 1.807) is 0 Å². The molecule has 2 aromatic carbocycles. The first-order chi connectivity index (χ1) is 13.9. The number of anilines is 1. The monoisotopic (exact) mass is 475 g/mol. The van der Waals surface area contributed by atoms with Crippen LogP contribution in [0.15, 0.2) is 65.3 Å². The van der Waals surface area contributed by atoms with Crippen LogP contribution in [0.2, 0.25) is 0 Å². The second-order valence-corrected chi connectivity index (χ2v) is 10.9. The SMILES string of the molecule is C[n+]1c(C=C2[Se]c3ccccc3N2CCCCS(=O)(=O)O)ccc2ccccc21. The quantitative estimate of drug-likeness (QED) is 0.258.